The number of morpholine rings is 1. The highest BCUT2D eigenvalue weighted by Gasteiger charge is 2.32. The lowest BCUT2D eigenvalue weighted by atomic mass is 10.1. The molecule has 1 aliphatic heterocycles. The zero-order valence-electron chi connectivity index (χ0n) is 16.5. The number of benzene rings is 1. The summed E-state index contributed by atoms with van der Waals surface area (Å²) in [7, 11) is 1.76. The molecule has 1 atom stereocenters. The van der Waals surface area contributed by atoms with Crippen LogP contribution in [0.25, 0.3) is 0 Å². The van der Waals surface area contributed by atoms with Gasteiger partial charge < -0.3 is 25.6 Å². The number of anilines is 2. The Labute approximate surface area is 172 Å². The second-order valence-electron chi connectivity index (χ2n) is 6.79. The number of ether oxygens (including phenoxy) is 1. The molecule has 2 amide bonds. The van der Waals surface area contributed by atoms with E-state index in [1.807, 2.05) is 17.0 Å². The quantitative estimate of drug-likeness (QED) is 0.666. The van der Waals surface area contributed by atoms with E-state index >= 15 is 0 Å². The molecule has 0 bridgehead atoms. The minimum absolute atomic E-state index is 0.106. The number of rotatable bonds is 6. The maximum atomic E-state index is 13.2. The summed E-state index contributed by atoms with van der Waals surface area (Å²) in [4.78, 5) is 18.3. The molecule has 0 saturated carbocycles. The van der Waals surface area contributed by atoms with Gasteiger partial charge in [0.2, 0.25) is 0 Å². The van der Waals surface area contributed by atoms with Gasteiger partial charge >= 0.3 is 12.2 Å². The number of carbonyl (C=O) groups excluding carboxylic acids is 1. The van der Waals surface area contributed by atoms with E-state index in [0.717, 1.165) is 17.7 Å². The molecule has 1 unspecified atom stereocenters. The highest BCUT2D eigenvalue weighted by molar-refractivity contribution is 5.93. The van der Waals surface area contributed by atoms with E-state index in [9.17, 15) is 18.0 Å². The van der Waals surface area contributed by atoms with Crippen LogP contribution in [0.2, 0.25) is 0 Å². The average Bonchev–Trinajstić information content (AvgIpc) is 2.75. The van der Waals surface area contributed by atoms with E-state index in [-0.39, 0.29) is 18.3 Å². The standard InChI is InChI=1S/C20H24F3N5O2/c1-24-17(14-4-6-25-7-5-14)13-26-19(29)27-16-12-15(20(21,22)23)2-3-18(16)28-8-10-30-11-9-28/h2-7,12,17,24H,8-11,13H2,1H3,(H2,26,27,29). The van der Waals surface area contributed by atoms with Gasteiger partial charge in [-0.25, -0.2) is 4.79 Å². The number of hydrogen-bond acceptors (Lipinski definition) is 5. The summed E-state index contributed by atoms with van der Waals surface area (Å²) in [5, 5.41) is 8.38. The van der Waals surface area contributed by atoms with Crippen molar-refractivity contribution >= 4 is 17.4 Å². The monoisotopic (exact) mass is 423 g/mol. The number of carbonyl (C=O) groups is 1. The molecule has 3 rings (SSSR count). The molecule has 1 fully saturated rings. The van der Waals surface area contributed by atoms with Crippen LogP contribution in [-0.2, 0) is 10.9 Å². The smallest absolute Gasteiger partial charge is 0.378 e. The van der Waals surface area contributed by atoms with Crippen molar-refractivity contribution in [1.29, 1.82) is 0 Å². The van der Waals surface area contributed by atoms with E-state index in [1.165, 1.54) is 6.07 Å². The lowest BCUT2D eigenvalue weighted by molar-refractivity contribution is -0.137. The lowest BCUT2D eigenvalue weighted by Crippen LogP contribution is -2.38. The molecule has 162 valence electrons. The van der Waals surface area contributed by atoms with Crippen LogP contribution in [0.15, 0.2) is 42.7 Å². The number of amides is 2. The Morgan fingerprint density at radius 1 is 1.20 bits per heavy atom. The average molecular weight is 423 g/mol. The minimum Gasteiger partial charge on any atom is -0.378 e. The topological polar surface area (TPSA) is 78.5 Å². The maximum absolute atomic E-state index is 13.2. The number of pyridine rings is 1. The summed E-state index contributed by atoms with van der Waals surface area (Å²) in [5.74, 6) is 0. The van der Waals surface area contributed by atoms with Gasteiger partial charge in [0.05, 0.1) is 30.2 Å². The Balaban J connectivity index is 1.73. The van der Waals surface area contributed by atoms with Gasteiger partial charge in [0, 0.05) is 38.1 Å². The zero-order chi connectivity index (χ0) is 21.6. The molecule has 1 saturated heterocycles. The first kappa shape index (κ1) is 21.8. The third-order valence-electron chi connectivity index (χ3n) is 4.85. The van der Waals surface area contributed by atoms with Crippen molar-refractivity contribution < 1.29 is 22.7 Å². The SMILES string of the molecule is CNC(CNC(=O)Nc1cc(C(F)(F)F)ccc1N1CCOCC1)c1ccncc1. The maximum Gasteiger partial charge on any atom is 0.416 e. The van der Waals surface area contributed by atoms with Crippen LogP contribution in [0.4, 0.5) is 29.3 Å². The van der Waals surface area contributed by atoms with Crippen LogP contribution in [0, 0.1) is 0 Å². The number of urea groups is 1. The fourth-order valence-corrected chi connectivity index (χ4v) is 3.24. The Bertz CT molecular complexity index is 842. The molecule has 0 radical (unpaired) electrons. The highest BCUT2D eigenvalue weighted by atomic mass is 19.4. The van der Waals surface area contributed by atoms with Gasteiger partial charge in [-0.1, -0.05) is 0 Å². The fraction of sp³-hybridized carbons (Fsp3) is 0.400. The molecule has 1 aromatic carbocycles. The van der Waals surface area contributed by atoms with Gasteiger partial charge in [0.25, 0.3) is 0 Å². The van der Waals surface area contributed by atoms with Crippen LogP contribution >= 0.6 is 0 Å². The van der Waals surface area contributed by atoms with Crippen LogP contribution in [0.3, 0.4) is 0 Å². The van der Waals surface area contributed by atoms with Crippen LogP contribution < -0.4 is 20.9 Å². The molecule has 2 aromatic rings. The van der Waals surface area contributed by atoms with E-state index in [2.05, 4.69) is 20.9 Å². The zero-order valence-corrected chi connectivity index (χ0v) is 16.5. The Morgan fingerprint density at radius 3 is 2.53 bits per heavy atom. The fourth-order valence-electron chi connectivity index (χ4n) is 3.24. The number of alkyl halides is 3. The summed E-state index contributed by atoms with van der Waals surface area (Å²) >= 11 is 0. The Kier molecular flexibility index (Phi) is 7.11. The largest absolute Gasteiger partial charge is 0.416 e. The number of halogens is 3. The minimum atomic E-state index is -4.50. The van der Waals surface area contributed by atoms with Gasteiger partial charge in [-0.2, -0.15) is 13.2 Å². The molecule has 7 nitrogen and oxygen atoms in total. The molecule has 0 aliphatic carbocycles. The van der Waals surface area contributed by atoms with E-state index < -0.39 is 17.8 Å². The predicted octanol–water partition coefficient (Wildman–Crippen LogP) is 3.02. The molecule has 1 aliphatic rings. The normalized spacial score (nSPS) is 15.5. The van der Waals surface area contributed by atoms with Crippen molar-refractivity contribution in [1.82, 2.24) is 15.6 Å². The van der Waals surface area contributed by atoms with Crippen molar-refractivity contribution in [2.45, 2.75) is 12.2 Å². The number of hydrogen-bond donors (Lipinski definition) is 3. The summed E-state index contributed by atoms with van der Waals surface area (Å²) in [6.07, 6.45) is -1.21. The van der Waals surface area contributed by atoms with Crippen LogP contribution in [-0.4, -0.2) is 50.9 Å². The van der Waals surface area contributed by atoms with Crippen molar-refractivity contribution in [2.75, 3.05) is 50.1 Å². The van der Waals surface area contributed by atoms with E-state index in [4.69, 9.17) is 4.74 Å². The molecule has 1 aromatic heterocycles. The van der Waals surface area contributed by atoms with Crippen molar-refractivity contribution in [3.05, 3.63) is 53.9 Å². The van der Waals surface area contributed by atoms with Gasteiger partial charge in [-0.15, -0.1) is 0 Å². The molecular weight excluding hydrogens is 399 g/mol. The third kappa shape index (κ3) is 5.61. The first-order valence-electron chi connectivity index (χ1n) is 9.54. The van der Waals surface area contributed by atoms with Gasteiger partial charge in [-0.3, -0.25) is 4.98 Å². The number of nitrogens with zero attached hydrogens (tertiary/aromatic N) is 2. The molecule has 30 heavy (non-hydrogen) atoms. The highest BCUT2D eigenvalue weighted by Crippen LogP contribution is 2.35. The van der Waals surface area contributed by atoms with Gasteiger partial charge in [0.15, 0.2) is 0 Å². The Hall–Kier alpha value is -2.85. The summed E-state index contributed by atoms with van der Waals surface area (Å²) in [6.45, 7) is 2.26. The first-order chi connectivity index (χ1) is 14.4. The van der Waals surface area contributed by atoms with E-state index in [0.29, 0.717) is 32.0 Å². The van der Waals surface area contributed by atoms with Crippen LogP contribution in [0.5, 0.6) is 0 Å². The van der Waals surface area contributed by atoms with Crippen molar-refractivity contribution in [3.63, 3.8) is 0 Å². The second kappa shape index (κ2) is 9.77. The van der Waals surface area contributed by atoms with Crippen molar-refractivity contribution in [2.24, 2.45) is 0 Å². The first-order valence-corrected chi connectivity index (χ1v) is 9.54. The third-order valence-corrected chi connectivity index (χ3v) is 4.85. The van der Waals surface area contributed by atoms with Gasteiger partial charge in [0.1, 0.15) is 0 Å². The van der Waals surface area contributed by atoms with Gasteiger partial charge in [-0.05, 0) is 42.9 Å². The molecule has 0 spiro atoms. The molecule has 3 N–H and O–H groups in total. The van der Waals surface area contributed by atoms with Crippen molar-refractivity contribution in [3.8, 4) is 0 Å². The number of aromatic nitrogens is 1. The number of likely N-dealkylation sites (N-methyl/N-ethyl adjacent to an activating group) is 1. The van der Waals surface area contributed by atoms with E-state index in [1.54, 1.807) is 19.4 Å². The predicted molar refractivity (Wildman–Crippen MR) is 108 cm³/mol. The molecular formula is C20H24F3N5O2. The summed E-state index contributed by atoms with van der Waals surface area (Å²) in [5.41, 5.74) is 0.746. The Morgan fingerprint density at radius 2 is 1.90 bits per heavy atom. The summed E-state index contributed by atoms with van der Waals surface area (Å²) in [6, 6.07) is 6.26. The van der Waals surface area contributed by atoms with Crippen LogP contribution in [0.1, 0.15) is 17.2 Å². The molecule has 10 heteroatoms. The number of nitrogens with one attached hydrogen (secondary N) is 3. The second-order valence-corrected chi connectivity index (χ2v) is 6.79. The summed E-state index contributed by atoms with van der Waals surface area (Å²) < 4.78 is 44.9. The lowest BCUT2D eigenvalue weighted by Gasteiger charge is -2.31. The molecule has 2 heterocycles.